The monoisotopic (exact) mass is 223 g/mol. The Morgan fingerprint density at radius 3 is 2.62 bits per heavy atom. The zero-order valence-electron chi connectivity index (χ0n) is 9.53. The largest absolute Gasteiger partial charge is 0.337 e. The Bertz CT molecular complexity index is 303. The van der Waals surface area contributed by atoms with E-state index in [2.05, 4.69) is 5.32 Å². The number of carbonyl (C=O) groups is 2. The average Bonchev–Trinajstić information content (AvgIpc) is 2.77. The van der Waals surface area contributed by atoms with Crippen LogP contribution in [-0.4, -0.2) is 36.9 Å². The van der Waals surface area contributed by atoms with Gasteiger partial charge in [0.1, 0.15) is 6.54 Å². The Morgan fingerprint density at radius 1 is 1.44 bits per heavy atom. The Hall–Kier alpha value is -1.57. The molecule has 0 radical (unpaired) electrons. The van der Waals surface area contributed by atoms with Crippen LogP contribution in [-0.2, 0) is 9.59 Å². The van der Waals surface area contributed by atoms with Gasteiger partial charge >= 0.3 is 11.8 Å². The minimum atomic E-state index is -0.693. The summed E-state index contributed by atoms with van der Waals surface area (Å²) in [6.07, 6.45) is 4.70. The molecule has 0 aromatic heterocycles. The van der Waals surface area contributed by atoms with Crippen molar-refractivity contribution < 1.29 is 9.59 Å². The van der Waals surface area contributed by atoms with Gasteiger partial charge in [0.15, 0.2) is 0 Å². The van der Waals surface area contributed by atoms with Crippen LogP contribution in [0.15, 0.2) is 0 Å². The van der Waals surface area contributed by atoms with E-state index in [1.165, 1.54) is 17.7 Å². The first-order valence-corrected chi connectivity index (χ1v) is 5.55. The highest BCUT2D eigenvalue weighted by Crippen LogP contribution is 2.25. The zero-order chi connectivity index (χ0) is 12.0. The average molecular weight is 223 g/mol. The molecule has 1 saturated carbocycles. The third kappa shape index (κ3) is 3.54. The summed E-state index contributed by atoms with van der Waals surface area (Å²) in [5.74, 6) is -0.720. The third-order valence-electron chi connectivity index (χ3n) is 2.88. The minimum absolute atomic E-state index is 0.123. The lowest BCUT2D eigenvalue weighted by molar-refractivity contribution is -0.145. The smallest absolute Gasteiger partial charge is 0.311 e. The molecule has 0 heterocycles. The van der Waals surface area contributed by atoms with Crippen LogP contribution in [0.3, 0.4) is 0 Å². The topological polar surface area (TPSA) is 73.2 Å². The van der Waals surface area contributed by atoms with Crippen molar-refractivity contribution in [1.29, 1.82) is 5.26 Å². The Morgan fingerprint density at radius 2 is 2.06 bits per heavy atom. The van der Waals surface area contributed by atoms with Gasteiger partial charge in [-0.15, -0.1) is 0 Å². The summed E-state index contributed by atoms with van der Waals surface area (Å²) in [6, 6.07) is 1.76. The van der Waals surface area contributed by atoms with Crippen molar-refractivity contribution in [3.8, 4) is 6.07 Å². The number of likely N-dealkylation sites (N-methyl/N-ethyl adjacent to an activating group) is 1. The molecule has 1 aliphatic carbocycles. The maximum atomic E-state index is 11.5. The van der Waals surface area contributed by atoms with Gasteiger partial charge in [0, 0.05) is 13.6 Å². The first-order valence-electron chi connectivity index (χ1n) is 5.55. The molecule has 0 aliphatic heterocycles. The second kappa shape index (κ2) is 6.11. The van der Waals surface area contributed by atoms with E-state index in [1.54, 1.807) is 13.1 Å². The molecule has 5 heteroatoms. The van der Waals surface area contributed by atoms with E-state index >= 15 is 0 Å². The molecule has 0 bridgehead atoms. The van der Waals surface area contributed by atoms with Gasteiger partial charge in [0.25, 0.3) is 0 Å². The van der Waals surface area contributed by atoms with Crippen LogP contribution in [0.2, 0.25) is 0 Å². The molecule has 1 fully saturated rings. The fourth-order valence-electron chi connectivity index (χ4n) is 2.03. The lowest BCUT2D eigenvalue weighted by Gasteiger charge is -2.20. The van der Waals surface area contributed by atoms with Gasteiger partial charge in [-0.2, -0.15) is 5.26 Å². The van der Waals surface area contributed by atoms with Crippen molar-refractivity contribution >= 4 is 11.8 Å². The molecule has 1 aliphatic rings. The van der Waals surface area contributed by atoms with Crippen LogP contribution in [0.1, 0.15) is 25.7 Å². The van der Waals surface area contributed by atoms with E-state index in [4.69, 9.17) is 5.26 Å². The number of nitriles is 1. The zero-order valence-corrected chi connectivity index (χ0v) is 9.53. The number of nitrogens with one attached hydrogen (secondary N) is 1. The molecule has 0 unspecified atom stereocenters. The van der Waals surface area contributed by atoms with Crippen molar-refractivity contribution in [3.63, 3.8) is 0 Å². The highest BCUT2D eigenvalue weighted by atomic mass is 16.2. The molecule has 1 N–H and O–H groups in total. The predicted octanol–water partition coefficient (Wildman–Crippen LogP) is 0.275. The summed E-state index contributed by atoms with van der Waals surface area (Å²) in [6.45, 7) is 0.515. The number of carbonyl (C=O) groups excluding carboxylic acids is 2. The van der Waals surface area contributed by atoms with E-state index in [9.17, 15) is 9.59 Å². The summed E-state index contributed by atoms with van der Waals surface area (Å²) in [4.78, 5) is 24.3. The molecule has 0 aromatic carbocycles. The van der Waals surface area contributed by atoms with E-state index in [0.29, 0.717) is 12.5 Å². The number of hydrogen-bond acceptors (Lipinski definition) is 3. The second-order valence-corrected chi connectivity index (χ2v) is 4.18. The van der Waals surface area contributed by atoms with Crippen LogP contribution in [0.25, 0.3) is 0 Å². The van der Waals surface area contributed by atoms with E-state index in [0.717, 1.165) is 12.8 Å². The number of nitrogens with zero attached hydrogens (tertiary/aromatic N) is 2. The summed E-state index contributed by atoms with van der Waals surface area (Å²) < 4.78 is 0. The lowest BCUT2D eigenvalue weighted by Crippen LogP contribution is -2.42. The summed E-state index contributed by atoms with van der Waals surface area (Å²) in [5, 5.41) is 10.5. The lowest BCUT2D eigenvalue weighted by atomic mass is 10.1. The fraction of sp³-hybridized carbons (Fsp3) is 0.727. The molecule has 5 nitrogen and oxygen atoms in total. The molecule has 2 amide bonds. The van der Waals surface area contributed by atoms with Crippen molar-refractivity contribution in [1.82, 2.24) is 10.2 Å². The first kappa shape index (κ1) is 12.5. The quantitative estimate of drug-likeness (QED) is 0.551. The molecule has 0 spiro atoms. The second-order valence-electron chi connectivity index (χ2n) is 4.18. The predicted molar refractivity (Wildman–Crippen MR) is 58.2 cm³/mol. The van der Waals surface area contributed by atoms with Gasteiger partial charge in [-0.1, -0.05) is 12.8 Å². The molecule has 0 atom stereocenters. The summed E-state index contributed by atoms with van der Waals surface area (Å²) >= 11 is 0. The maximum Gasteiger partial charge on any atom is 0.311 e. The van der Waals surface area contributed by atoms with Crippen molar-refractivity contribution in [3.05, 3.63) is 0 Å². The van der Waals surface area contributed by atoms with Crippen molar-refractivity contribution in [2.75, 3.05) is 20.1 Å². The van der Waals surface area contributed by atoms with Gasteiger partial charge in [0.05, 0.1) is 6.07 Å². The van der Waals surface area contributed by atoms with Crippen LogP contribution in [0, 0.1) is 17.2 Å². The number of rotatable bonds is 3. The third-order valence-corrected chi connectivity index (χ3v) is 2.88. The van der Waals surface area contributed by atoms with Crippen LogP contribution < -0.4 is 5.32 Å². The van der Waals surface area contributed by atoms with Crippen LogP contribution in [0.5, 0.6) is 0 Å². The standard InChI is InChI=1S/C11H17N3O2/c1-14(8-9-4-2-3-5-9)11(16)10(15)13-7-6-12/h9H,2-5,7-8H2,1H3,(H,13,15). The van der Waals surface area contributed by atoms with Gasteiger partial charge in [-0.05, 0) is 18.8 Å². The molecule has 16 heavy (non-hydrogen) atoms. The number of hydrogen-bond donors (Lipinski definition) is 1. The van der Waals surface area contributed by atoms with Crippen molar-refractivity contribution in [2.45, 2.75) is 25.7 Å². The van der Waals surface area contributed by atoms with Gasteiger partial charge in [0.2, 0.25) is 0 Å². The van der Waals surface area contributed by atoms with Crippen LogP contribution in [0.4, 0.5) is 0 Å². The molecular formula is C11H17N3O2. The van der Waals surface area contributed by atoms with Crippen molar-refractivity contribution in [2.24, 2.45) is 5.92 Å². The number of amides is 2. The highest BCUT2D eigenvalue weighted by Gasteiger charge is 2.23. The summed E-state index contributed by atoms with van der Waals surface area (Å²) in [5.41, 5.74) is 0. The molecule has 88 valence electrons. The maximum absolute atomic E-state index is 11.5. The van der Waals surface area contributed by atoms with Gasteiger partial charge in [-0.25, -0.2) is 0 Å². The molecule has 1 rings (SSSR count). The SMILES string of the molecule is CN(CC1CCCC1)C(=O)C(=O)NCC#N. The van der Waals surface area contributed by atoms with E-state index in [-0.39, 0.29) is 6.54 Å². The fourth-order valence-corrected chi connectivity index (χ4v) is 2.03. The van der Waals surface area contributed by atoms with Gasteiger partial charge in [-0.3, -0.25) is 9.59 Å². The Labute approximate surface area is 95.4 Å². The molecular weight excluding hydrogens is 206 g/mol. The van der Waals surface area contributed by atoms with Crippen LogP contribution >= 0.6 is 0 Å². The minimum Gasteiger partial charge on any atom is -0.337 e. The van der Waals surface area contributed by atoms with Gasteiger partial charge < -0.3 is 10.2 Å². The molecule has 0 saturated heterocycles. The van der Waals surface area contributed by atoms with E-state index < -0.39 is 11.8 Å². The first-order chi connectivity index (χ1) is 7.65. The summed E-state index contributed by atoms with van der Waals surface area (Å²) in [7, 11) is 1.63. The molecule has 0 aromatic rings. The highest BCUT2D eigenvalue weighted by molar-refractivity contribution is 6.34. The Balaban J connectivity index is 2.34. The normalized spacial score (nSPS) is 15.5. The Kier molecular flexibility index (Phi) is 4.77. The van der Waals surface area contributed by atoms with E-state index in [1.807, 2.05) is 0 Å².